The van der Waals surface area contributed by atoms with E-state index in [1.165, 1.54) is 29.3 Å². The molecule has 6 rings (SSSR count). The van der Waals surface area contributed by atoms with Gasteiger partial charge in [-0.3, -0.25) is 4.79 Å². The van der Waals surface area contributed by atoms with Crippen LogP contribution in [0.3, 0.4) is 0 Å². The fraction of sp³-hybridized carbons (Fsp3) is 0.318. The van der Waals surface area contributed by atoms with Crippen LogP contribution < -0.4 is 0 Å². The number of hydrogen-bond acceptors (Lipinski definition) is 7. The summed E-state index contributed by atoms with van der Waals surface area (Å²) in [6.45, 7) is 3.27. The smallest absolute Gasteiger partial charge is 0.254 e. The van der Waals surface area contributed by atoms with Crippen molar-refractivity contribution in [3.8, 4) is 21.3 Å². The van der Waals surface area contributed by atoms with Crippen LogP contribution in [0.4, 0.5) is 0 Å². The Morgan fingerprint density at radius 1 is 1.10 bits per heavy atom. The van der Waals surface area contributed by atoms with Gasteiger partial charge in [-0.25, -0.2) is 4.98 Å². The zero-order chi connectivity index (χ0) is 20.9. The first-order valence-corrected chi connectivity index (χ1v) is 12.1. The van der Waals surface area contributed by atoms with Crippen molar-refractivity contribution in [1.29, 1.82) is 0 Å². The number of thiophene rings is 1. The van der Waals surface area contributed by atoms with Gasteiger partial charge >= 0.3 is 0 Å². The fourth-order valence-corrected chi connectivity index (χ4v) is 5.51. The lowest BCUT2D eigenvalue weighted by molar-refractivity contribution is 0.0638. The van der Waals surface area contributed by atoms with Gasteiger partial charge < -0.3 is 9.47 Å². The molecule has 1 aliphatic heterocycles. The Bertz CT molecular complexity index is 1240. The number of hydrogen-bond donors (Lipinski definition) is 0. The first-order valence-electron chi connectivity index (χ1n) is 10.4. The summed E-state index contributed by atoms with van der Waals surface area (Å²) in [5.41, 5.74) is 1.82. The zero-order valence-corrected chi connectivity index (χ0v) is 18.6. The summed E-state index contributed by atoms with van der Waals surface area (Å²) < 4.78 is 6.58. The molecule has 3 aromatic heterocycles. The van der Waals surface area contributed by atoms with Gasteiger partial charge in [0.1, 0.15) is 5.82 Å². The Labute approximate surface area is 187 Å². The van der Waals surface area contributed by atoms with Crippen molar-refractivity contribution in [2.75, 3.05) is 6.54 Å². The molecule has 1 amide bonds. The first-order chi connectivity index (χ1) is 15.2. The van der Waals surface area contributed by atoms with Crippen molar-refractivity contribution in [1.82, 2.24) is 29.0 Å². The predicted octanol–water partition coefficient (Wildman–Crippen LogP) is 4.62. The third-order valence-corrected chi connectivity index (χ3v) is 7.60. The molecule has 156 valence electrons. The molecular formula is C22H20N6OS2. The van der Waals surface area contributed by atoms with Gasteiger partial charge in [0.2, 0.25) is 0 Å². The summed E-state index contributed by atoms with van der Waals surface area (Å²) in [7, 11) is 0. The third kappa shape index (κ3) is 3.28. The molecule has 1 saturated carbocycles. The fourth-order valence-electron chi connectivity index (χ4n) is 4.04. The maximum absolute atomic E-state index is 13.2. The quantitative estimate of drug-likeness (QED) is 0.455. The van der Waals surface area contributed by atoms with Gasteiger partial charge in [-0.15, -0.1) is 21.5 Å². The molecule has 0 radical (unpaired) electrons. The molecule has 0 bridgehead atoms. The van der Waals surface area contributed by atoms with Crippen LogP contribution in [0, 0.1) is 0 Å². The lowest BCUT2D eigenvalue weighted by Gasteiger charge is -2.33. The van der Waals surface area contributed by atoms with Gasteiger partial charge in [0.15, 0.2) is 16.7 Å². The van der Waals surface area contributed by atoms with Crippen molar-refractivity contribution in [2.24, 2.45) is 0 Å². The maximum Gasteiger partial charge on any atom is 0.254 e. The number of aromatic nitrogens is 5. The van der Waals surface area contributed by atoms with Gasteiger partial charge in [0.05, 0.1) is 6.04 Å². The molecule has 1 aliphatic carbocycles. The first kappa shape index (κ1) is 18.8. The Balaban J connectivity index is 1.24. The average molecular weight is 449 g/mol. The van der Waals surface area contributed by atoms with Crippen LogP contribution in [0.15, 0.2) is 41.8 Å². The van der Waals surface area contributed by atoms with Gasteiger partial charge in [-0.2, -0.15) is 4.37 Å². The Morgan fingerprint density at radius 3 is 2.68 bits per heavy atom. The molecule has 31 heavy (non-hydrogen) atoms. The molecule has 7 nitrogen and oxygen atoms in total. The highest BCUT2D eigenvalue weighted by molar-refractivity contribution is 7.13. The van der Waals surface area contributed by atoms with Crippen molar-refractivity contribution in [2.45, 2.75) is 38.3 Å². The summed E-state index contributed by atoms with van der Waals surface area (Å²) in [6.07, 6.45) is 2.35. The summed E-state index contributed by atoms with van der Waals surface area (Å²) >= 11 is 3.09. The maximum atomic E-state index is 13.2. The summed E-state index contributed by atoms with van der Waals surface area (Å²) in [6, 6.07) is 11.8. The van der Waals surface area contributed by atoms with E-state index in [-0.39, 0.29) is 11.9 Å². The van der Waals surface area contributed by atoms with Crippen LogP contribution in [0.25, 0.3) is 21.3 Å². The van der Waals surface area contributed by atoms with Crippen LogP contribution in [0.1, 0.15) is 53.7 Å². The summed E-state index contributed by atoms with van der Waals surface area (Å²) in [5, 5.41) is 11.7. The van der Waals surface area contributed by atoms with Gasteiger partial charge in [0.25, 0.3) is 5.91 Å². The van der Waals surface area contributed by atoms with E-state index in [1.807, 2.05) is 42.2 Å². The van der Waals surface area contributed by atoms with E-state index in [0.29, 0.717) is 24.6 Å². The normalized spacial score (nSPS) is 18.2. The molecule has 0 unspecified atom stereocenters. The van der Waals surface area contributed by atoms with Crippen molar-refractivity contribution < 1.29 is 4.79 Å². The van der Waals surface area contributed by atoms with E-state index >= 15 is 0 Å². The zero-order valence-electron chi connectivity index (χ0n) is 16.9. The van der Waals surface area contributed by atoms with Gasteiger partial charge in [-0.05, 0) is 60.4 Å². The van der Waals surface area contributed by atoms with Crippen LogP contribution in [-0.2, 0) is 6.54 Å². The number of amides is 1. The van der Waals surface area contributed by atoms with E-state index in [4.69, 9.17) is 0 Å². The van der Waals surface area contributed by atoms with Gasteiger partial charge in [0, 0.05) is 29.4 Å². The molecule has 9 heteroatoms. The minimum absolute atomic E-state index is 0.0213. The Morgan fingerprint density at radius 2 is 1.94 bits per heavy atom. The molecule has 1 atom stereocenters. The summed E-state index contributed by atoms with van der Waals surface area (Å²) in [5.74, 6) is 3.04. The number of benzene rings is 1. The highest BCUT2D eigenvalue weighted by Crippen LogP contribution is 2.40. The van der Waals surface area contributed by atoms with E-state index in [1.54, 1.807) is 11.3 Å². The lowest BCUT2D eigenvalue weighted by atomic mass is 10.1. The molecule has 4 heterocycles. The molecule has 0 spiro atoms. The van der Waals surface area contributed by atoms with E-state index < -0.39 is 0 Å². The SMILES string of the molecule is C[C@@H]1c2nnc(-c3nc(C4CC4)ns3)n2CCN1C(=O)c1ccc(-c2cccs2)cc1. The minimum Gasteiger partial charge on any atom is -0.327 e. The van der Waals surface area contributed by atoms with Crippen LogP contribution in [0.5, 0.6) is 0 Å². The molecule has 2 aliphatic rings. The Hall–Kier alpha value is -2.91. The molecule has 0 N–H and O–H groups in total. The largest absolute Gasteiger partial charge is 0.327 e. The average Bonchev–Trinajstić information content (AvgIpc) is 3.21. The number of rotatable bonds is 4. The lowest BCUT2D eigenvalue weighted by Crippen LogP contribution is -2.41. The second kappa shape index (κ2) is 7.35. The summed E-state index contributed by atoms with van der Waals surface area (Å²) in [4.78, 5) is 21.0. The van der Waals surface area contributed by atoms with E-state index in [0.717, 1.165) is 28.0 Å². The van der Waals surface area contributed by atoms with Gasteiger partial charge in [-0.1, -0.05) is 18.2 Å². The van der Waals surface area contributed by atoms with Crippen LogP contribution in [0.2, 0.25) is 0 Å². The highest BCUT2D eigenvalue weighted by atomic mass is 32.1. The predicted molar refractivity (Wildman–Crippen MR) is 120 cm³/mol. The topological polar surface area (TPSA) is 76.8 Å². The van der Waals surface area contributed by atoms with Crippen molar-refractivity contribution in [3.63, 3.8) is 0 Å². The van der Waals surface area contributed by atoms with E-state index in [2.05, 4.69) is 35.6 Å². The number of nitrogens with zero attached hydrogens (tertiary/aromatic N) is 6. The molecule has 4 aromatic rings. The standard InChI is InChI=1S/C22H20N6OS2/c1-13-19-24-25-20(21-23-18(26-31-21)15-6-7-15)28(19)11-10-27(13)22(29)16-8-4-14(5-9-16)17-3-2-12-30-17/h2-5,8-9,12-13,15H,6-7,10-11H2,1H3/t13-/m1/s1. The number of carbonyl (C=O) groups excluding carboxylic acids is 1. The minimum atomic E-state index is -0.157. The molecule has 1 fully saturated rings. The molecule has 0 saturated heterocycles. The van der Waals surface area contributed by atoms with Crippen molar-refractivity contribution >= 4 is 28.8 Å². The van der Waals surface area contributed by atoms with Crippen molar-refractivity contribution in [3.05, 3.63) is 59.0 Å². The highest BCUT2D eigenvalue weighted by Gasteiger charge is 2.34. The van der Waals surface area contributed by atoms with E-state index in [9.17, 15) is 4.79 Å². The third-order valence-electron chi connectivity index (χ3n) is 5.96. The number of carbonyl (C=O) groups is 1. The second-order valence-electron chi connectivity index (χ2n) is 7.99. The van der Waals surface area contributed by atoms with Crippen LogP contribution >= 0.6 is 22.9 Å². The monoisotopic (exact) mass is 448 g/mol. The number of fused-ring (bicyclic) bond motifs is 1. The molecule has 1 aromatic carbocycles. The molecular weight excluding hydrogens is 428 g/mol. The second-order valence-corrected chi connectivity index (χ2v) is 9.69. The van der Waals surface area contributed by atoms with Crippen LogP contribution in [-0.4, -0.2) is 41.5 Å². The Kier molecular flexibility index (Phi) is 4.46.